The van der Waals surface area contributed by atoms with Crippen LogP contribution in [-0.2, 0) is 0 Å². The van der Waals surface area contributed by atoms with Crippen LogP contribution in [0.25, 0.3) is 22.1 Å². The molecule has 0 unspecified atom stereocenters. The molecule has 0 saturated heterocycles. The number of para-hydroxylation sites is 1. The molecule has 1 fully saturated rings. The van der Waals surface area contributed by atoms with Gasteiger partial charge in [-0.2, -0.15) is 10.1 Å². The predicted molar refractivity (Wildman–Crippen MR) is 120 cm³/mol. The monoisotopic (exact) mass is 390 g/mol. The van der Waals surface area contributed by atoms with Crippen LogP contribution in [0, 0.1) is 17.8 Å². The van der Waals surface area contributed by atoms with E-state index in [1.165, 1.54) is 37.7 Å². The van der Waals surface area contributed by atoms with Gasteiger partial charge in [0.1, 0.15) is 5.52 Å². The van der Waals surface area contributed by atoms with E-state index in [2.05, 4.69) is 57.5 Å². The number of hydrogen-bond donors (Lipinski definition) is 2. The number of benzene rings is 1. The Morgan fingerprint density at radius 2 is 2.10 bits per heavy atom. The number of nitrogens with one attached hydrogen (secondary N) is 2. The maximum absolute atomic E-state index is 4.51. The Labute approximate surface area is 171 Å². The van der Waals surface area contributed by atoms with Crippen LogP contribution in [0.4, 0.5) is 5.95 Å². The molecule has 29 heavy (non-hydrogen) atoms. The van der Waals surface area contributed by atoms with Gasteiger partial charge in [0.25, 0.3) is 5.95 Å². The number of aromatic amines is 1. The molecule has 0 spiro atoms. The highest BCUT2D eigenvalue weighted by Crippen LogP contribution is 2.35. The van der Waals surface area contributed by atoms with Gasteiger partial charge in [-0.1, -0.05) is 36.8 Å². The molecule has 2 aromatic heterocycles. The van der Waals surface area contributed by atoms with E-state index in [0.29, 0.717) is 17.8 Å². The summed E-state index contributed by atoms with van der Waals surface area (Å²) in [5, 5.41) is 14.0. The highest BCUT2D eigenvalue weighted by molar-refractivity contribution is 6.03. The van der Waals surface area contributed by atoms with Crippen molar-refractivity contribution >= 4 is 34.2 Å². The average molecular weight is 391 g/mol. The zero-order valence-electron chi connectivity index (χ0n) is 17.5. The van der Waals surface area contributed by atoms with Crippen molar-refractivity contribution in [1.82, 2.24) is 20.2 Å². The van der Waals surface area contributed by atoms with E-state index in [4.69, 9.17) is 0 Å². The Hall–Kier alpha value is -2.76. The summed E-state index contributed by atoms with van der Waals surface area (Å²) in [4.78, 5) is 7.80. The number of hydrogen-bond acceptors (Lipinski definition) is 5. The van der Waals surface area contributed by atoms with Crippen molar-refractivity contribution in [2.75, 3.05) is 5.43 Å². The maximum Gasteiger partial charge on any atom is 0.265 e. The quantitative estimate of drug-likeness (QED) is 0.321. The second-order valence-corrected chi connectivity index (χ2v) is 8.57. The van der Waals surface area contributed by atoms with Crippen molar-refractivity contribution in [3.63, 3.8) is 0 Å². The molecular weight excluding hydrogens is 360 g/mol. The molecule has 1 saturated carbocycles. The number of aromatic nitrogens is 4. The van der Waals surface area contributed by atoms with Gasteiger partial charge in [0.05, 0.1) is 0 Å². The van der Waals surface area contributed by atoms with E-state index >= 15 is 0 Å². The summed E-state index contributed by atoms with van der Waals surface area (Å²) in [6, 6.07) is 8.02. The van der Waals surface area contributed by atoms with Crippen LogP contribution in [0.2, 0.25) is 0 Å². The number of fused-ring (bicyclic) bond motifs is 3. The second kappa shape index (κ2) is 8.72. The Bertz CT molecular complexity index is 1030. The Balaban J connectivity index is 1.34. The van der Waals surface area contributed by atoms with Gasteiger partial charge >= 0.3 is 0 Å². The maximum atomic E-state index is 4.51. The fourth-order valence-corrected chi connectivity index (χ4v) is 4.38. The third-order valence-electron chi connectivity index (χ3n) is 6.02. The summed E-state index contributed by atoms with van der Waals surface area (Å²) in [7, 11) is 0. The van der Waals surface area contributed by atoms with Gasteiger partial charge < -0.3 is 4.98 Å². The molecule has 1 aliphatic carbocycles. The summed E-state index contributed by atoms with van der Waals surface area (Å²) in [5.74, 6) is 2.42. The third-order valence-corrected chi connectivity index (χ3v) is 6.02. The van der Waals surface area contributed by atoms with Crippen molar-refractivity contribution < 1.29 is 0 Å². The van der Waals surface area contributed by atoms with Crippen LogP contribution >= 0.6 is 0 Å². The van der Waals surface area contributed by atoms with E-state index in [1.54, 1.807) is 0 Å². The molecule has 0 aliphatic heterocycles. The largest absolute Gasteiger partial charge is 0.338 e. The first kappa shape index (κ1) is 19.6. The van der Waals surface area contributed by atoms with Crippen LogP contribution in [0.15, 0.2) is 41.0 Å². The van der Waals surface area contributed by atoms with Gasteiger partial charge in [-0.3, -0.25) is 0 Å². The molecule has 6 heteroatoms. The lowest BCUT2D eigenvalue weighted by atomic mass is 9.74. The fraction of sp³-hybridized carbons (Fsp3) is 0.478. The highest BCUT2D eigenvalue weighted by atomic mass is 15.4. The minimum atomic E-state index is 0.420. The minimum Gasteiger partial charge on any atom is -0.338 e. The molecule has 3 atom stereocenters. The van der Waals surface area contributed by atoms with Crippen LogP contribution < -0.4 is 5.43 Å². The third kappa shape index (κ3) is 4.63. The van der Waals surface area contributed by atoms with Crippen LogP contribution in [0.5, 0.6) is 0 Å². The van der Waals surface area contributed by atoms with Gasteiger partial charge in [0, 0.05) is 17.1 Å². The normalized spacial score (nSPS) is 22.4. The lowest BCUT2D eigenvalue weighted by molar-refractivity contribution is 0.235. The number of allylic oxidation sites excluding steroid dienone is 2. The van der Waals surface area contributed by atoms with Gasteiger partial charge in [-0.05, 0) is 69.8 Å². The smallest absolute Gasteiger partial charge is 0.265 e. The van der Waals surface area contributed by atoms with E-state index in [1.807, 2.05) is 30.5 Å². The number of H-pyrrole nitrogens is 1. The zero-order chi connectivity index (χ0) is 20.2. The molecule has 3 aromatic rings. The molecule has 2 N–H and O–H groups in total. The molecule has 6 nitrogen and oxygen atoms in total. The van der Waals surface area contributed by atoms with E-state index < -0.39 is 0 Å². The average Bonchev–Trinajstić information content (AvgIpc) is 3.07. The van der Waals surface area contributed by atoms with Crippen molar-refractivity contribution in [3.05, 3.63) is 35.9 Å². The molecule has 0 bridgehead atoms. The van der Waals surface area contributed by atoms with E-state index in [9.17, 15) is 0 Å². The molecule has 4 rings (SSSR count). The number of rotatable bonds is 6. The molecule has 0 radical (unpaired) electrons. The number of nitrogens with zero attached hydrogens (tertiary/aromatic N) is 4. The minimum absolute atomic E-state index is 0.420. The first-order valence-electron chi connectivity index (χ1n) is 10.6. The Morgan fingerprint density at radius 1 is 1.24 bits per heavy atom. The summed E-state index contributed by atoms with van der Waals surface area (Å²) in [6.45, 7) is 6.70. The van der Waals surface area contributed by atoms with Crippen molar-refractivity contribution in [2.45, 2.75) is 52.9 Å². The lowest BCUT2D eigenvalue weighted by Gasteiger charge is -2.32. The number of hydrazone groups is 1. The Morgan fingerprint density at radius 3 is 2.93 bits per heavy atom. The van der Waals surface area contributed by atoms with Crippen LogP contribution in [-0.4, -0.2) is 26.4 Å². The summed E-state index contributed by atoms with van der Waals surface area (Å²) in [5.41, 5.74) is 6.91. The van der Waals surface area contributed by atoms with E-state index in [0.717, 1.165) is 28.0 Å². The zero-order valence-corrected chi connectivity index (χ0v) is 17.5. The molecule has 2 heterocycles. The van der Waals surface area contributed by atoms with E-state index in [-0.39, 0.29) is 0 Å². The topological polar surface area (TPSA) is 78.8 Å². The molecule has 1 aromatic carbocycles. The number of anilines is 1. The summed E-state index contributed by atoms with van der Waals surface area (Å²) < 4.78 is 0. The van der Waals surface area contributed by atoms with Gasteiger partial charge in [0.15, 0.2) is 5.65 Å². The van der Waals surface area contributed by atoms with Crippen LogP contribution in [0.1, 0.15) is 52.9 Å². The molecule has 1 aliphatic rings. The molecular formula is C23H30N6. The SMILES string of the molecule is CC(C)=CCC[C@@H]1CC[C@H](/C=N/Nc2nnc3c(n2)[nH]c2ccccc23)[C@@H](C)C1. The van der Waals surface area contributed by atoms with Gasteiger partial charge in [0.2, 0.25) is 0 Å². The van der Waals surface area contributed by atoms with Crippen molar-refractivity contribution in [1.29, 1.82) is 0 Å². The predicted octanol–water partition coefficient (Wildman–Crippen LogP) is 5.70. The lowest BCUT2D eigenvalue weighted by Crippen LogP contribution is -2.24. The fourth-order valence-electron chi connectivity index (χ4n) is 4.38. The first-order valence-corrected chi connectivity index (χ1v) is 10.6. The molecule has 152 valence electrons. The second-order valence-electron chi connectivity index (χ2n) is 8.57. The van der Waals surface area contributed by atoms with Crippen molar-refractivity contribution in [2.24, 2.45) is 22.9 Å². The summed E-state index contributed by atoms with van der Waals surface area (Å²) >= 11 is 0. The van der Waals surface area contributed by atoms with Crippen molar-refractivity contribution in [3.8, 4) is 0 Å². The standard InChI is InChI=1S/C23H30N6/c1-15(2)7-6-8-17-11-12-18(16(3)13-17)14-24-28-23-26-22-21(27-29-23)19-9-4-5-10-20(19)25-22/h4-5,7,9-10,14,16-18H,6,8,11-13H2,1-3H3,(H2,25,26,28,29)/b24-14+/t16-,17+,18+/m0/s1. The molecule has 0 amide bonds. The highest BCUT2D eigenvalue weighted by Gasteiger charge is 2.26. The Kier molecular flexibility index (Phi) is 5.88. The van der Waals surface area contributed by atoms with Gasteiger partial charge in [-0.25, -0.2) is 5.43 Å². The van der Waals surface area contributed by atoms with Gasteiger partial charge in [-0.15, -0.1) is 10.2 Å². The summed E-state index contributed by atoms with van der Waals surface area (Å²) in [6.07, 6.45) is 10.7. The first-order chi connectivity index (χ1) is 14.1. The van der Waals surface area contributed by atoms with Crippen LogP contribution in [0.3, 0.4) is 0 Å².